The molecule has 10 heteroatoms. The third-order valence-corrected chi connectivity index (χ3v) is 5.26. The van der Waals surface area contributed by atoms with E-state index in [0.717, 1.165) is 28.2 Å². The summed E-state index contributed by atoms with van der Waals surface area (Å²) in [6.07, 6.45) is 6.70. The molecule has 0 aliphatic rings. The number of hydrogen-bond acceptors (Lipinski definition) is 8. The Kier molecular flexibility index (Phi) is 8.18. The van der Waals surface area contributed by atoms with Gasteiger partial charge in [-0.2, -0.15) is 10.2 Å². The van der Waals surface area contributed by atoms with Gasteiger partial charge in [-0.05, 0) is 46.1 Å². The van der Waals surface area contributed by atoms with E-state index in [1.807, 2.05) is 40.8 Å². The number of fused-ring (bicyclic) bond motifs is 2. The number of rotatable bonds is 6. The minimum atomic E-state index is -0.397. The van der Waals surface area contributed by atoms with E-state index in [9.17, 15) is 9.59 Å². The van der Waals surface area contributed by atoms with E-state index in [1.165, 1.54) is 6.20 Å². The SMILES string of the molecule is C=C(C)c1c(C(=O)OCC)cnn2cc(C)nc12.CCOC(=O)c1cnn2cc(C)nc2c1C(C)C. The molecule has 0 radical (unpaired) electrons. The molecule has 0 fully saturated rings. The second-order valence-corrected chi connectivity index (χ2v) is 8.58. The van der Waals surface area contributed by atoms with Gasteiger partial charge in [-0.15, -0.1) is 0 Å². The normalized spacial score (nSPS) is 10.9. The number of esters is 2. The molecule has 0 spiro atoms. The van der Waals surface area contributed by atoms with Gasteiger partial charge in [-0.25, -0.2) is 28.6 Å². The molecule has 0 saturated carbocycles. The zero-order valence-electron chi connectivity index (χ0n) is 21.8. The summed E-state index contributed by atoms with van der Waals surface area (Å²) < 4.78 is 13.4. The lowest BCUT2D eigenvalue weighted by molar-refractivity contribution is 0.0515. The van der Waals surface area contributed by atoms with Crippen LogP contribution in [0.2, 0.25) is 0 Å². The molecule has 0 atom stereocenters. The lowest BCUT2D eigenvalue weighted by atomic mass is 10.00. The van der Waals surface area contributed by atoms with Crippen LogP contribution < -0.4 is 0 Å². The van der Waals surface area contributed by atoms with Crippen molar-refractivity contribution in [2.75, 3.05) is 13.2 Å². The Morgan fingerprint density at radius 2 is 1.36 bits per heavy atom. The van der Waals surface area contributed by atoms with Crippen molar-refractivity contribution in [3.63, 3.8) is 0 Å². The van der Waals surface area contributed by atoms with Gasteiger partial charge in [-0.1, -0.05) is 20.4 Å². The number of carbonyl (C=O) groups excluding carboxylic acids is 2. The zero-order chi connectivity index (χ0) is 26.6. The summed E-state index contributed by atoms with van der Waals surface area (Å²) >= 11 is 0. The second kappa shape index (κ2) is 11.1. The average molecular weight is 493 g/mol. The minimum absolute atomic E-state index is 0.178. The summed E-state index contributed by atoms with van der Waals surface area (Å²) in [5.74, 6) is -0.556. The van der Waals surface area contributed by atoms with Crippen molar-refractivity contribution in [2.24, 2.45) is 0 Å². The molecule has 4 heterocycles. The number of aryl methyl sites for hydroxylation is 2. The number of imidazole rings is 2. The van der Waals surface area contributed by atoms with Gasteiger partial charge in [0, 0.05) is 11.1 Å². The predicted molar refractivity (Wildman–Crippen MR) is 136 cm³/mol. The molecule has 190 valence electrons. The summed E-state index contributed by atoms with van der Waals surface area (Å²) in [5, 5.41) is 8.36. The van der Waals surface area contributed by atoms with E-state index in [4.69, 9.17) is 9.47 Å². The molecule has 0 aliphatic carbocycles. The topological polar surface area (TPSA) is 113 Å². The smallest absolute Gasteiger partial charge is 0.340 e. The van der Waals surface area contributed by atoms with Gasteiger partial charge in [0.25, 0.3) is 0 Å². The van der Waals surface area contributed by atoms with Crippen molar-refractivity contribution < 1.29 is 19.1 Å². The molecule has 0 bridgehead atoms. The highest BCUT2D eigenvalue weighted by Gasteiger charge is 2.21. The van der Waals surface area contributed by atoms with Gasteiger partial charge >= 0.3 is 11.9 Å². The van der Waals surface area contributed by atoms with Gasteiger partial charge in [0.1, 0.15) is 0 Å². The van der Waals surface area contributed by atoms with Crippen LogP contribution in [0, 0.1) is 13.8 Å². The number of carbonyl (C=O) groups is 2. The Balaban J connectivity index is 0.000000201. The van der Waals surface area contributed by atoms with E-state index >= 15 is 0 Å². The van der Waals surface area contributed by atoms with Crippen LogP contribution in [0.5, 0.6) is 0 Å². The van der Waals surface area contributed by atoms with Gasteiger partial charge in [-0.3, -0.25) is 0 Å². The largest absolute Gasteiger partial charge is 0.462 e. The molecule has 0 N–H and O–H groups in total. The molecule has 0 aliphatic heterocycles. The van der Waals surface area contributed by atoms with E-state index in [1.54, 1.807) is 35.3 Å². The number of aromatic nitrogens is 6. The van der Waals surface area contributed by atoms with E-state index in [2.05, 4.69) is 26.7 Å². The fourth-order valence-electron chi connectivity index (χ4n) is 3.84. The summed E-state index contributed by atoms with van der Waals surface area (Å²) in [6.45, 7) is 17.8. The predicted octanol–water partition coefficient (Wildman–Crippen LogP) is 4.59. The average Bonchev–Trinajstić information content (AvgIpc) is 3.38. The quantitative estimate of drug-likeness (QED) is 0.359. The third-order valence-electron chi connectivity index (χ3n) is 5.26. The van der Waals surface area contributed by atoms with E-state index < -0.39 is 5.97 Å². The Morgan fingerprint density at radius 3 is 1.86 bits per heavy atom. The van der Waals surface area contributed by atoms with Gasteiger partial charge in [0.2, 0.25) is 0 Å². The molecule has 4 aromatic heterocycles. The molecule has 0 aromatic carbocycles. The highest BCUT2D eigenvalue weighted by Crippen LogP contribution is 2.25. The first-order valence-corrected chi connectivity index (χ1v) is 11.8. The fourth-order valence-corrected chi connectivity index (χ4v) is 3.84. The Labute approximate surface area is 210 Å². The lowest BCUT2D eigenvalue weighted by Gasteiger charge is -2.12. The summed E-state index contributed by atoms with van der Waals surface area (Å²) in [5.41, 5.74) is 6.33. The van der Waals surface area contributed by atoms with Gasteiger partial charge < -0.3 is 9.47 Å². The first-order valence-electron chi connectivity index (χ1n) is 11.8. The monoisotopic (exact) mass is 492 g/mol. The Morgan fingerprint density at radius 1 is 0.889 bits per heavy atom. The zero-order valence-corrected chi connectivity index (χ0v) is 21.8. The summed E-state index contributed by atoms with van der Waals surface area (Å²) in [6, 6.07) is 0. The third kappa shape index (κ3) is 5.42. The number of ether oxygens (including phenoxy) is 2. The Bertz CT molecular complexity index is 1430. The van der Waals surface area contributed by atoms with Gasteiger partial charge in [0.15, 0.2) is 11.3 Å². The van der Waals surface area contributed by atoms with Crippen molar-refractivity contribution >= 4 is 28.8 Å². The summed E-state index contributed by atoms with van der Waals surface area (Å²) in [7, 11) is 0. The maximum absolute atomic E-state index is 11.9. The standard InChI is InChI=1S/C13H17N3O2.C13H15N3O2/c2*1-5-18-13(17)10-6-14-16-7-9(4)15-12(16)11(10)8(2)3/h6-8H,5H2,1-4H3;6-7H,2,5H2,1,3-4H3. The van der Waals surface area contributed by atoms with Crippen LogP contribution >= 0.6 is 0 Å². The molecule has 10 nitrogen and oxygen atoms in total. The number of hydrogen-bond donors (Lipinski definition) is 0. The van der Waals surface area contributed by atoms with Crippen LogP contribution in [0.3, 0.4) is 0 Å². The van der Waals surface area contributed by atoms with Crippen LogP contribution in [-0.2, 0) is 9.47 Å². The molecule has 36 heavy (non-hydrogen) atoms. The molecule has 4 aromatic rings. The van der Waals surface area contributed by atoms with Crippen LogP contribution in [0.4, 0.5) is 0 Å². The molecule has 0 amide bonds. The summed E-state index contributed by atoms with van der Waals surface area (Å²) in [4.78, 5) is 32.6. The maximum Gasteiger partial charge on any atom is 0.340 e. The highest BCUT2D eigenvalue weighted by atomic mass is 16.5. The first kappa shape index (κ1) is 26.5. The van der Waals surface area contributed by atoms with E-state index in [-0.39, 0.29) is 11.9 Å². The van der Waals surface area contributed by atoms with Crippen LogP contribution in [0.1, 0.15) is 83.8 Å². The van der Waals surface area contributed by atoms with Crippen molar-refractivity contribution in [2.45, 2.75) is 54.4 Å². The molecular formula is C26H32N6O4. The maximum atomic E-state index is 11.9. The van der Waals surface area contributed by atoms with Crippen molar-refractivity contribution in [3.05, 3.63) is 65.0 Å². The number of allylic oxidation sites excluding steroid dienone is 1. The van der Waals surface area contributed by atoms with Crippen molar-refractivity contribution in [3.8, 4) is 0 Å². The molecule has 0 saturated heterocycles. The Hall–Kier alpha value is -4.08. The first-order chi connectivity index (χ1) is 17.1. The van der Waals surface area contributed by atoms with E-state index in [0.29, 0.717) is 35.6 Å². The fraction of sp³-hybridized carbons (Fsp3) is 0.385. The minimum Gasteiger partial charge on any atom is -0.462 e. The lowest BCUT2D eigenvalue weighted by Crippen LogP contribution is -2.12. The van der Waals surface area contributed by atoms with Crippen molar-refractivity contribution in [1.29, 1.82) is 0 Å². The van der Waals surface area contributed by atoms with Crippen molar-refractivity contribution in [1.82, 2.24) is 29.2 Å². The van der Waals surface area contributed by atoms with Crippen LogP contribution in [0.15, 0.2) is 31.4 Å². The van der Waals surface area contributed by atoms with Crippen LogP contribution in [0.25, 0.3) is 16.9 Å². The molecule has 0 unspecified atom stereocenters. The molecule has 4 rings (SSSR count). The van der Waals surface area contributed by atoms with Gasteiger partial charge in [0.05, 0.1) is 60.5 Å². The van der Waals surface area contributed by atoms with Crippen LogP contribution in [-0.4, -0.2) is 54.3 Å². The second-order valence-electron chi connectivity index (χ2n) is 8.58. The molecular weight excluding hydrogens is 460 g/mol. The highest BCUT2D eigenvalue weighted by molar-refractivity contribution is 5.97. The number of nitrogens with zero attached hydrogens (tertiary/aromatic N) is 6.